The molecule has 2 N–H and O–H groups in total. The van der Waals surface area contributed by atoms with E-state index >= 15 is 0 Å². The lowest BCUT2D eigenvalue weighted by Crippen LogP contribution is -2.34. The maximum atomic E-state index is 12.3. The third-order valence-corrected chi connectivity index (χ3v) is 5.05. The lowest BCUT2D eigenvalue weighted by Gasteiger charge is -2.23. The molecule has 0 fully saturated rings. The molecule has 2 aromatic carbocycles. The van der Waals surface area contributed by atoms with Gasteiger partial charge in [-0.15, -0.1) is 11.3 Å². The molecule has 0 bridgehead atoms. The van der Waals surface area contributed by atoms with E-state index in [0.717, 1.165) is 16.3 Å². The van der Waals surface area contributed by atoms with Crippen LogP contribution in [-0.2, 0) is 16.0 Å². The fraction of sp³-hybridized carbons (Fsp3) is 0.150. The summed E-state index contributed by atoms with van der Waals surface area (Å²) in [7, 11) is 0. The van der Waals surface area contributed by atoms with Gasteiger partial charge < -0.3 is 15.4 Å². The largest absolute Gasteiger partial charge is 0.479 e. The summed E-state index contributed by atoms with van der Waals surface area (Å²) in [4.78, 5) is 28.6. The summed E-state index contributed by atoms with van der Waals surface area (Å²) < 4.78 is 5.51. The fourth-order valence-corrected chi connectivity index (χ4v) is 3.58. The SMILES string of the molecule is CC1Oc2ccc(NC(=O)Cc3csc(-c4ccccc4)n3)cc2NC1=O. The van der Waals surface area contributed by atoms with E-state index in [1.165, 1.54) is 11.3 Å². The molecule has 1 atom stereocenters. The number of carbonyl (C=O) groups excluding carboxylic acids is 2. The van der Waals surface area contributed by atoms with Crippen LogP contribution in [0.3, 0.4) is 0 Å². The topological polar surface area (TPSA) is 80.3 Å². The second-order valence-corrected chi connectivity index (χ2v) is 7.05. The Balaban J connectivity index is 1.42. The van der Waals surface area contributed by atoms with Gasteiger partial charge >= 0.3 is 0 Å². The van der Waals surface area contributed by atoms with Crippen molar-refractivity contribution in [3.8, 4) is 16.3 Å². The average Bonchev–Trinajstić information content (AvgIpc) is 3.12. The molecule has 2 heterocycles. The highest BCUT2D eigenvalue weighted by atomic mass is 32.1. The maximum absolute atomic E-state index is 12.3. The van der Waals surface area contributed by atoms with Crippen molar-refractivity contribution < 1.29 is 14.3 Å². The van der Waals surface area contributed by atoms with Crippen molar-refractivity contribution in [2.75, 3.05) is 10.6 Å². The van der Waals surface area contributed by atoms with Crippen LogP contribution in [0, 0.1) is 0 Å². The summed E-state index contributed by atoms with van der Waals surface area (Å²) in [5.74, 6) is 0.213. The second kappa shape index (κ2) is 7.20. The van der Waals surface area contributed by atoms with Gasteiger partial charge in [-0.1, -0.05) is 30.3 Å². The third-order valence-electron chi connectivity index (χ3n) is 4.11. The number of aromatic nitrogens is 1. The first-order valence-corrected chi connectivity index (χ1v) is 9.38. The number of nitrogens with zero attached hydrogens (tertiary/aromatic N) is 1. The number of carbonyl (C=O) groups is 2. The number of ether oxygens (including phenoxy) is 1. The zero-order valence-corrected chi connectivity index (χ0v) is 15.4. The van der Waals surface area contributed by atoms with Crippen LogP contribution in [0.2, 0.25) is 0 Å². The molecule has 1 aliphatic heterocycles. The number of amides is 2. The molecule has 1 unspecified atom stereocenters. The van der Waals surface area contributed by atoms with Gasteiger partial charge in [-0.3, -0.25) is 9.59 Å². The molecule has 0 spiro atoms. The standard InChI is InChI=1S/C20H17N3O3S/c1-12-19(25)23-16-9-14(7-8-17(16)26-12)21-18(24)10-15-11-27-20(22-15)13-5-3-2-4-6-13/h2-9,11-12H,10H2,1H3,(H,21,24)(H,23,25). The van der Waals surface area contributed by atoms with Gasteiger partial charge in [0.2, 0.25) is 5.91 Å². The summed E-state index contributed by atoms with van der Waals surface area (Å²) >= 11 is 1.51. The Labute approximate surface area is 160 Å². The van der Waals surface area contributed by atoms with Crippen LogP contribution < -0.4 is 15.4 Å². The van der Waals surface area contributed by atoms with E-state index in [2.05, 4.69) is 15.6 Å². The molecule has 4 rings (SSSR count). The van der Waals surface area contributed by atoms with Crippen molar-refractivity contribution in [3.05, 3.63) is 59.6 Å². The highest BCUT2D eigenvalue weighted by Crippen LogP contribution is 2.32. The number of thiazole rings is 1. The van der Waals surface area contributed by atoms with Crippen LogP contribution >= 0.6 is 11.3 Å². The van der Waals surface area contributed by atoms with Crippen LogP contribution in [0.5, 0.6) is 5.75 Å². The van der Waals surface area contributed by atoms with E-state index in [1.807, 2.05) is 35.7 Å². The number of rotatable bonds is 4. The quantitative estimate of drug-likeness (QED) is 0.724. The smallest absolute Gasteiger partial charge is 0.265 e. The molecule has 2 amide bonds. The lowest BCUT2D eigenvalue weighted by atomic mass is 10.2. The summed E-state index contributed by atoms with van der Waals surface area (Å²) in [5.41, 5.74) is 2.90. The number of hydrogen-bond donors (Lipinski definition) is 2. The third kappa shape index (κ3) is 3.83. The van der Waals surface area contributed by atoms with Gasteiger partial charge in [0.05, 0.1) is 17.8 Å². The Hall–Kier alpha value is -3.19. The Bertz CT molecular complexity index is 1000. The number of anilines is 2. The molecule has 0 radical (unpaired) electrons. The Morgan fingerprint density at radius 1 is 1.26 bits per heavy atom. The minimum atomic E-state index is -0.526. The molecule has 7 heteroatoms. The van der Waals surface area contributed by atoms with E-state index in [1.54, 1.807) is 25.1 Å². The van der Waals surface area contributed by atoms with Crippen molar-refractivity contribution >= 4 is 34.5 Å². The molecule has 136 valence electrons. The monoisotopic (exact) mass is 379 g/mol. The first-order valence-electron chi connectivity index (χ1n) is 8.50. The van der Waals surface area contributed by atoms with E-state index < -0.39 is 6.10 Å². The summed E-state index contributed by atoms with van der Waals surface area (Å²) in [5, 5.41) is 8.39. The summed E-state index contributed by atoms with van der Waals surface area (Å²) in [6.07, 6.45) is -0.346. The van der Waals surface area contributed by atoms with Crippen LogP contribution in [0.25, 0.3) is 10.6 Å². The minimum Gasteiger partial charge on any atom is -0.479 e. The predicted molar refractivity (Wildman–Crippen MR) is 105 cm³/mol. The molecular weight excluding hydrogens is 362 g/mol. The average molecular weight is 379 g/mol. The molecule has 27 heavy (non-hydrogen) atoms. The highest BCUT2D eigenvalue weighted by Gasteiger charge is 2.23. The van der Waals surface area contributed by atoms with Gasteiger partial charge in [0.1, 0.15) is 10.8 Å². The molecular formula is C20H17N3O3S. The van der Waals surface area contributed by atoms with Crippen LogP contribution in [0.15, 0.2) is 53.9 Å². The number of hydrogen-bond acceptors (Lipinski definition) is 5. The molecule has 0 aliphatic carbocycles. The van der Waals surface area contributed by atoms with Gasteiger partial charge in [-0.25, -0.2) is 4.98 Å². The van der Waals surface area contributed by atoms with Crippen molar-refractivity contribution in [1.29, 1.82) is 0 Å². The molecule has 3 aromatic rings. The van der Waals surface area contributed by atoms with Gasteiger partial charge in [0, 0.05) is 16.6 Å². The number of nitrogens with one attached hydrogen (secondary N) is 2. The van der Waals surface area contributed by atoms with Gasteiger partial charge in [0.25, 0.3) is 5.91 Å². The van der Waals surface area contributed by atoms with Crippen LogP contribution in [0.4, 0.5) is 11.4 Å². The Kier molecular flexibility index (Phi) is 4.60. The summed E-state index contributed by atoms with van der Waals surface area (Å²) in [6, 6.07) is 15.0. The van der Waals surface area contributed by atoms with Gasteiger partial charge in [-0.2, -0.15) is 0 Å². The lowest BCUT2D eigenvalue weighted by molar-refractivity contribution is -0.122. The number of benzene rings is 2. The second-order valence-electron chi connectivity index (χ2n) is 6.20. The maximum Gasteiger partial charge on any atom is 0.265 e. The van der Waals surface area contributed by atoms with Crippen LogP contribution in [0.1, 0.15) is 12.6 Å². The van der Waals surface area contributed by atoms with E-state index in [0.29, 0.717) is 17.1 Å². The first-order chi connectivity index (χ1) is 13.1. The Morgan fingerprint density at radius 3 is 2.89 bits per heavy atom. The normalized spacial score (nSPS) is 15.4. The Morgan fingerprint density at radius 2 is 2.07 bits per heavy atom. The molecule has 1 aromatic heterocycles. The van der Waals surface area contributed by atoms with Gasteiger partial charge in [-0.05, 0) is 25.1 Å². The predicted octanol–water partition coefficient (Wildman–Crippen LogP) is 3.71. The zero-order chi connectivity index (χ0) is 18.8. The van der Waals surface area contributed by atoms with E-state index in [4.69, 9.17) is 4.74 Å². The van der Waals surface area contributed by atoms with Crippen LogP contribution in [-0.4, -0.2) is 22.9 Å². The highest BCUT2D eigenvalue weighted by molar-refractivity contribution is 7.13. The molecule has 6 nitrogen and oxygen atoms in total. The van der Waals surface area contributed by atoms with Crippen molar-refractivity contribution in [1.82, 2.24) is 4.98 Å². The van der Waals surface area contributed by atoms with Crippen molar-refractivity contribution in [3.63, 3.8) is 0 Å². The minimum absolute atomic E-state index is 0.170. The molecule has 0 saturated heterocycles. The van der Waals surface area contributed by atoms with Crippen molar-refractivity contribution in [2.24, 2.45) is 0 Å². The van der Waals surface area contributed by atoms with E-state index in [9.17, 15) is 9.59 Å². The summed E-state index contributed by atoms with van der Waals surface area (Å²) in [6.45, 7) is 1.69. The van der Waals surface area contributed by atoms with Crippen molar-refractivity contribution in [2.45, 2.75) is 19.4 Å². The van der Waals surface area contributed by atoms with E-state index in [-0.39, 0.29) is 18.2 Å². The first kappa shape index (κ1) is 17.2. The van der Waals surface area contributed by atoms with Gasteiger partial charge in [0.15, 0.2) is 6.10 Å². The number of fused-ring (bicyclic) bond motifs is 1. The zero-order valence-electron chi connectivity index (χ0n) is 14.6. The molecule has 0 saturated carbocycles. The fourth-order valence-electron chi connectivity index (χ4n) is 2.76. The molecule has 1 aliphatic rings.